The molecule has 2 unspecified atom stereocenters. The highest BCUT2D eigenvalue weighted by Gasteiger charge is 2.18. The number of hydrogen-bond acceptors (Lipinski definition) is 2. The third-order valence-electron chi connectivity index (χ3n) is 3.47. The standard InChI is InChI=1S/C17H16Cl2O2/c1-11-9-20-15-7-4-13(8-16(15)21-10-11)17(19)12-2-5-14(18)6-3-12/h2-8,11,17H,9-10H2,1H3. The number of benzene rings is 2. The van der Waals surface area contributed by atoms with Crippen LogP contribution in [-0.4, -0.2) is 13.2 Å². The van der Waals surface area contributed by atoms with Crippen LogP contribution in [-0.2, 0) is 0 Å². The maximum atomic E-state index is 6.56. The van der Waals surface area contributed by atoms with Crippen LogP contribution in [0.4, 0.5) is 0 Å². The van der Waals surface area contributed by atoms with Crippen molar-refractivity contribution in [1.82, 2.24) is 0 Å². The molecule has 2 atom stereocenters. The van der Waals surface area contributed by atoms with E-state index in [1.165, 1.54) is 0 Å². The topological polar surface area (TPSA) is 18.5 Å². The second-order valence-electron chi connectivity index (χ2n) is 5.35. The minimum atomic E-state index is -0.239. The first-order valence-corrected chi connectivity index (χ1v) is 7.74. The highest BCUT2D eigenvalue weighted by Crippen LogP contribution is 2.37. The Morgan fingerprint density at radius 3 is 2.29 bits per heavy atom. The van der Waals surface area contributed by atoms with Gasteiger partial charge in [-0.1, -0.05) is 36.7 Å². The van der Waals surface area contributed by atoms with E-state index in [-0.39, 0.29) is 5.38 Å². The van der Waals surface area contributed by atoms with Crippen molar-refractivity contribution in [2.24, 2.45) is 5.92 Å². The van der Waals surface area contributed by atoms with E-state index in [4.69, 9.17) is 32.7 Å². The van der Waals surface area contributed by atoms with Gasteiger partial charge in [-0.05, 0) is 35.4 Å². The van der Waals surface area contributed by atoms with E-state index in [2.05, 4.69) is 6.92 Å². The zero-order valence-corrected chi connectivity index (χ0v) is 13.2. The first-order chi connectivity index (χ1) is 10.1. The minimum Gasteiger partial charge on any atom is -0.489 e. The molecule has 0 fully saturated rings. The molecule has 0 saturated carbocycles. The molecule has 4 heteroatoms. The van der Waals surface area contributed by atoms with Crippen LogP contribution in [0.25, 0.3) is 0 Å². The van der Waals surface area contributed by atoms with Crippen molar-refractivity contribution in [3.8, 4) is 11.5 Å². The van der Waals surface area contributed by atoms with Gasteiger partial charge in [0.05, 0.1) is 18.6 Å². The summed E-state index contributed by atoms with van der Waals surface area (Å²) >= 11 is 12.5. The van der Waals surface area contributed by atoms with Crippen LogP contribution < -0.4 is 9.47 Å². The Morgan fingerprint density at radius 2 is 1.57 bits per heavy atom. The maximum Gasteiger partial charge on any atom is 0.161 e. The summed E-state index contributed by atoms with van der Waals surface area (Å²) in [5.41, 5.74) is 1.99. The smallest absolute Gasteiger partial charge is 0.161 e. The predicted molar refractivity (Wildman–Crippen MR) is 85.7 cm³/mol. The normalized spacial score (nSPS) is 18.9. The van der Waals surface area contributed by atoms with Gasteiger partial charge in [0.15, 0.2) is 11.5 Å². The molecule has 0 spiro atoms. The van der Waals surface area contributed by atoms with E-state index in [1.807, 2.05) is 42.5 Å². The third kappa shape index (κ3) is 3.28. The van der Waals surface area contributed by atoms with Crippen molar-refractivity contribution < 1.29 is 9.47 Å². The summed E-state index contributed by atoms with van der Waals surface area (Å²) < 4.78 is 11.5. The van der Waals surface area contributed by atoms with Crippen LogP contribution >= 0.6 is 23.2 Å². The molecule has 21 heavy (non-hydrogen) atoms. The molecular formula is C17H16Cl2O2. The van der Waals surface area contributed by atoms with Gasteiger partial charge >= 0.3 is 0 Å². The Hall–Kier alpha value is -1.38. The van der Waals surface area contributed by atoms with Gasteiger partial charge in [-0.3, -0.25) is 0 Å². The summed E-state index contributed by atoms with van der Waals surface area (Å²) in [6.07, 6.45) is 0. The Labute approximate surface area is 134 Å². The van der Waals surface area contributed by atoms with Crippen LogP contribution in [0.1, 0.15) is 23.4 Å². The molecule has 110 valence electrons. The number of fused-ring (bicyclic) bond motifs is 1. The van der Waals surface area contributed by atoms with Crippen molar-refractivity contribution in [3.05, 3.63) is 58.6 Å². The molecule has 0 aliphatic carbocycles. The third-order valence-corrected chi connectivity index (χ3v) is 4.23. The van der Waals surface area contributed by atoms with Crippen molar-refractivity contribution in [2.75, 3.05) is 13.2 Å². The van der Waals surface area contributed by atoms with Crippen LogP contribution in [0.2, 0.25) is 5.02 Å². The molecule has 0 saturated heterocycles. The molecule has 3 rings (SSSR count). The molecule has 0 radical (unpaired) electrons. The molecule has 2 aromatic rings. The van der Waals surface area contributed by atoms with Gasteiger partial charge in [0.2, 0.25) is 0 Å². The highest BCUT2D eigenvalue weighted by atomic mass is 35.5. The van der Waals surface area contributed by atoms with E-state index in [0.717, 1.165) is 22.6 Å². The van der Waals surface area contributed by atoms with Crippen LogP contribution in [0, 0.1) is 5.92 Å². The highest BCUT2D eigenvalue weighted by molar-refractivity contribution is 6.30. The lowest BCUT2D eigenvalue weighted by Crippen LogP contribution is -2.12. The molecule has 2 aromatic carbocycles. The Morgan fingerprint density at radius 1 is 0.952 bits per heavy atom. The van der Waals surface area contributed by atoms with E-state index >= 15 is 0 Å². The summed E-state index contributed by atoms with van der Waals surface area (Å²) in [6.45, 7) is 3.43. The van der Waals surface area contributed by atoms with Gasteiger partial charge in [-0.25, -0.2) is 0 Å². The van der Waals surface area contributed by atoms with Crippen molar-refractivity contribution in [1.29, 1.82) is 0 Å². The average Bonchev–Trinajstić information content (AvgIpc) is 2.69. The molecular weight excluding hydrogens is 307 g/mol. The van der Waals surface area contributed by atoms with Crippen LogP contribution in [0.3, 0.4) is 0 Å². The predicted octanol–water partition coefficient (Wildman–Crippen LogP) is 5.08. The van der Waals surface area contributed by atoms with E-state index in [9.17, 15) is 0 Å². The Kier molecular flexibility index (Phi) is 4.27. The molecule has 0 bridgehead atoms. The second kappa shape index (κ2) is 6.17. The first-order valence-electron chi connectivity index (χ1n) is 6.92. The average molecular weight is 323 g/mol. The Balaban J connectivity index is 1.88. The molecule has 1 aliphatic heterocycles. The first kappa shape index (κ1) is 14.6. The molecule has 0 N–H and O–H groups in total. The fraction of sp³-hybridized carbons (Fsp3) is 0.294. The summed E-state index contributed by atoms with van der Waals surface area (Å²) in [4.78, 5) is 0. The zero-order valence-electron chi connectivity index (χ0n) is 11.7. The number of halogens is 2. The van der Waals surface area contributed by atoms with Gasteiger partial charge < -0.3 is 9.47 Å². The van der Waals surface area contributed by atoms with Gasteiger partial charge in [0.1, 0.15) is 0 Å². The molecule has 1 aliphatic rings. The fourth-order valence-electron chi connectivity index (χ4n) is 2.25. The molecule has 1 heterocycles. The molecule has 0 amide bonds. The lowest BCUT2D eigenvalue weighted by molar-refractivity contribution is 0.228. The van der Waals surface area contributed by atoms with Crippen LogP contribution in [0.15, 0.2) is 42.5 Å². The quantitative estimate of drug-likeness (QED) is 0.718. The lowest BCUT2D eigenvalue weighted by Gasteiger charge is -2.13. The van der Waals surface area contributed by atoms with Gasteiger partial charge in [0.25, 0.3) is 0 Å². The van der Waals surface area contributed by atoms with E-state index < -0.39 is 0 Å². The number of alkyl halides is 1. The van der Waals surface area contributed by atoms with E-state index in [0.29, 0.717) is 24.2 Å². The summed E-state index contributed by atoms with van der Waals surface area (Å²) in [6, 6.07) is 13.4. The summed E-state index contributed by atoms with van der Waals surface area (Å²) in [5, 5.41) is 0.465. The molecule has 0 aromatic heterocycles. The van der Waals surface area contributed by atoms with Gasteiger partial charge in [-0.2, -0.15) is 0 Å². The monoisotopic (exact) mass is 322 g/mol. The van der Waals surface area contributed by atoms with Crippen molar-refractivity contribution in [2.45, 2.75) is 12.3 Å². The number of rotatable bonds is 2. The SMILES string of the molecule is CC1COc2ccc(C(Cl)c3ccc(Cl)cc3)cc2OC1. The maximum absolute atomic E-state index is 6.56. The second-order valence-corrected chi connectivity index (χ2v) is 6.22. The zero-order chi connectivity index (χ0) is 14.8. The van der Waals surface area contributed by atoms with Gasteiger partial charge in [0, 0.05) is 10.9 Å². The van der Waals surface area contributed by atoms with Crippen LogP contribution in [0.5, 0.6) is 11.5 Å². The largest absolute Gasteiger partial charge is 0.489 e. The summed E-state index contributed by atoms with van der Waals surface area (Å²) in [7, 11) is 0. The van der Waals surface area contributed by atoms with Crippen molar-refractivity contribution >= 4 is 23.2 Å². The van der Waals surface area contributed by atoms with Crippen molar-refractivity contribution in [3.63, 3.8) is 0 Å². The fourth-order valence-corrected chi connectivity index (χ4v) is 2.66. The lowest BCUT2D eigenvalue weighted by atomic mass is 10.0. The number of hydrogen-bond donors (Lipinski definition) is 0. The van der Waals surface area contributed by atoms with Gasteiger partial charge in [-0.15, -0.1) is 11.6 Å². The Bertz CT molecular complexity index is 625. The minimum absolute atomic E-state index is 0.239. The summed E-state index contributed by atoms with van der Waals surface area (Å²) in [5.74, 6) is 1.92. The number of ether oxygens (including phenoxy) is 2. The molecule has 2 nitrogen and oxygen atoms in total. The van der Waals surface area contributed by atoms with E-state index in [1.54, 1.807) is 0 Å².